The minimum Gasteiger partial charge on any atom is -0.200 e. The molecule has 28 heavy (non-hydrogen) atoms. The first-order valence-electron chi connectivity index (χ1n) is 9.94. The molecule has 1 heteroatoms. The van der Waals surface area contributed by atoms with E-state index in [0.29, 0.717) is 0 Å². The SMILES string of the molecule is Cc1ccc2c3c1-c1c(ccc[n+]1C)-c1cccc(c1)C3(C)c1ccccc1-2. The maximum atomic E-state index is 2.41. The highest BCUT2D eigenvalue weighted by Crippen LogP contribution is 2.57. The van der Waals surface area contributed by atoms with Crippen molar-refractivity contribution in [1.29, 1.82) is 0 Å². The molecule has 0 spiro atoms. The van der Waals surface area contributed by atoms with Gasteiger partial charge in [0.05, 0.1) is 11.1 Å². The van der Waals surface area contributed by atoms with Crippen LogP contribution in [0.15, 0.2) is 79.0 Å². The predicted octanol–water partition coefficient (Wildman–Crippen LogP) is 5.80. The molecule has 1 aromatic heterocycles. The van der Waals surface area contributed by atoms with Crippen molar-refractivity contribution in [3.05, 3.63) is 101 Å². The number of aromatic nitrogens is 1. The average Bonchev–Trinajstić information content (AvgIpc) is 2.98. The first kappa shape index (κ1) is 15.8. The molecule has 2 aliphatic rings. The van der Waals surface area contributed by atoms with Crippen molar-refractivity contribution in [3.63, 3.8) is 0 Å². The third-order valence-corrected chi connectivity index (χ3v) is 6.84. The van der Waals surface area contributed by atoms with Crippen LogP contribution in [0.3, 0.4) is 0 Å². The smallest absolute Gasteiger partial charge is 0.200 e. The Morgan fingerprint density at radius 2 is 1.61 bits per heavy atom. The van der Waals surface area contributed by atoms with Crippen LogP contribution in [0, 0.1) is 6.92 Å². The molecule has 0 saturated carbocycles. The Morgan fingerprint density at radius 3 is 2.50 bits per heavy atom. The van der Waals surface area contributed by atoms with E-state index in [1.807, 2.05) is 0 Å². The van der Waals surface area contributed by atoms with Crippen molar-refractivity contribution >= 4 is 0 Å². The molecule has 4 aromatic rings. The molecule has 0 N–H and O–H groups in total. The summed E-state index contributed by atoms with van der Waals surface area (Å²) in [5.74, 6) is 0. The molecule has 1 heterocycles. The van der Waals surface area contributed by atoms with Crippen LogP contribution >= 0.6 is 0 Å². The predicted molar refractivity (Wildman–Crippen MR) is 114 cm³/mol. The highest BCUT2D eigenvalue weighted by Gasteiger charge is 2.45. The van der Waals surface area contributed by atoms with Crippen molar-refractivity contribution < 1.29 is 4.57 Å². The molecule has 3 aromatic carbocycles. The van der Waals surface area contributed by atoms with E-state index in [2.05, 4.69) is 104 Å². The molecule has 1 unspecified atom stereocenters. The van der Waals surface area contributed by atoms with E-state index < -0.39 is 0 Å². The van der Waals surface area contributed by atoms with Gasteiger partial charge in [-0.25, -0.2) is 4.57 Å². The lowest BCUT2D eigenvalue weighted by Gasteiger charge is -2.32. The molecule has 0 saturated heterocycles. The van der Waals surface area contributed by atoms with Gasteiger partial charge in [0.25, 0.3) is 0 Å². The van der Waals surface area contributed by atoms with E-state index in [1.54, 1.807) is 0 Å². The first-order chi connectivity index (χ1) is 13.6. The second-order valence-corrected chi connectivity index (χ2v) is 8.31. The highest BCUT2D eigenvalue weighted by molar-refractivity contribution is 5.94. The summed E-state index contributed by atoms with van der Waals surface area (Å²) < 4.78 is 2.29. The lowest BCUT2D eigenvalue weighted by Crippen LogP contribution is -2.34. The normalized spacial score (nSPS) is 18.0. The second kappa shape index (κ2) is 5.20. The topological polar surface area (TPSA) is 3.88 Å². The zero-order chi connectivity index (χ0) is 19.0. The summed E-state index contributed by atoms with van der Waals surface area (Å²) in [5, 5.41) is 0. The number of pyridine rings is 1. The van der Waals surface area contributed by atoms with Crippen molar-refractivity contribution in [2.24, 2.45) is 7.05 Å². The van der Waals surface area contributed by atoms with Crippen molar-refractivity contribution in [2.45, 2.75) is 19.3 Å². The minimum absolute atomic E-state index is 0.149. The Morgan fingerprint density at radius 1 is 0.786 bits per heavy atom. The average molecular weight is 360 g/mol. The van der Waals surface area contributed by atoms with E-state index >= 15 is 0 Å². The number of hydrogen-bond donors (Lipinski definition) is 0. The summed E-state index contributed by atoms with van der Waals surface area (Å²) in [6, 6.07) is 27.1. The van der Waals surface area contributed by atoms with Gasteiger partial charge in [-0.15, -0.1) is 0 Å². The Balaban J connectivity index is 1.91. The monoisotopic (exact) mass is 360 g/mol. The molecule has 1 nitrogen and oxygen atoms in total. The molecular formula is C27H22N+. The summed E-state index contributed by atoms with van der Waals surface area (Å²) in [6.07, 6.45) is 2.17. The number of fused-ring (bicyclic) bond motifs is 9. The van der Waals surface area contributed by atoms with E-state index in [0.717, 1.165) is 0 Å². The minimum atomic E-state index is -0.149. The van der Waals surface area contributed by atoms with E-state index in [9.17, 15) is 0 Å². The molecule has 0 aliphatic heterocycles. The number of hydrogen-bond acceptors (Lipinski definition) is 0. The summed E-state index contributed by atoms with van der Waals surface area (Å²) in [7, 11) is 2.17. The lowest BCUT2D eigenvalue weighted by molar-refractivity contribution is -0.660. The molecule has 2 bridgehead atoms. The molecule has 0 radical (unpaired) electrons. The van der Waals surface area contributed by atoms with Crippen LogP contribution in [-0.2, 0) is 12.5 Å². The number of benzene rings is 3. The van der Waals surface area contributed by atoms with Gasteiger partial charge < -0.3 is 0 Å². The van der Waals surface area contributed by atoms with Crippen LogP contribution in [0.2, 0.25) is 0 Å². The van der Waals surface area contributed by atoms with Crippen molar-refractivity contribution in [3.8, 4) is 33.5 Å². The molecule has 134 valence electrons. The van der Waals surface area contributed by atoms with Gasteiger partial charge in [0.15, 0.2) is 6.20 Å². The van der Waals surface area contributed by atoms with E-state index in [-0.39, 0.29) is 5.41 Å². The van der Waals surface area contributed by atoms with Gasteiger partial charge in [0, 0.05) is 11.5 Å². The van der Waals surface area contributed by atoms with Crippen LogP contribution in [0.5, 0.6) is 0 Å². The molecule has 0 fully saturated rings. The highest BCUT2D eigenvalue weighted by atomic mass is 14.9. The van der Waals surface area contributed by atoms with Crippen LogP contribution in [0.4, 0.5) is 0 Å². The Kier molecular flexibility index (Phi) is 2.94. The van der Waals surface area contributed by atoms with Gasteiger partial charge in [0.2, 0.25) is 5.69 Å². The van der Waals surface area contributed by atoms with Crippen molar-refractivity contribution in [2.75, 3.05) is 0 Å². The third-order valence-electron chi connectivity index (χ3n) is 6.84. The molecular weight excluding hydrogens is 338 g/mol. The fourth-order valence-corrected chi connectivity index (χ4v) is 5.50. The Bertz CT molecular complexity index is 1300. The quantitative estimate of drug-likeness (QED) is 0.349. The van der Waals surface area contributed by atoms with Gasteiger partial charge in [0.1, 0.15) is 7.05 Å². The maximum Gasteiger partial charge on any atom is 0.220 e. The summed E-state index contributed by atoms with van der Waals surface area (Å²) in [6.45, 7) is 4.67. The molecule has 6 rings (SSSR count). The number of nitrogens with zero attached hydrogens (tertiary/aromatic N) is 1. The second-order valence-electron chi connectivity index (χ2n) is 8.31. The summed E-state index contributed by atoms with van der Waals surface area (Å²) in [4.78, 5) is 0. The lowest BCUT2D eigenvalue weighted by atomic mass is 9.69. The third kappa shape index (κ3) is 1.75. The first-order valence-corrected chi connectivity index (χ1v) is 9.94. The van der Waals surface area contributed by atoms with Gasteiger partial charge in [-0.05, 0) is 64.9 Å². The standard InChI is InChI=1S/C27H22N/c1-17-13-14-22-21-10-4-5-12-23(21)27(2)19-9-6-8-18(16-19)20-11-7-15-28(3)26(20)24(17)25(22)27/h4-16H,1-3H3/q+1. The van der Waals surface area contributed by atoms with Gasteiger partial charge in [-0.1, -0.05) is 54.6 Å². The number of aryl methyl sites for hydroxylation is 2. The van der Waals surface area contributed by atoms with Crippen LogP contribution < -0.4 is 4.57 Å². The molecule has 0 amide bonds. The fraction of sp³-hybridized carbons (Fsp3) is 0.148. The zero-order valence-corrected chi connectivity index (χ0v) is 16.5. The van der Waals surface area contributed by atoms with E-state index in [1.165, 1.54) is 55.8 Å². The molecule has 2 aliphatic carbocycles. The maximum absolute atomic E-state index is 2.41. The van der Waals surface area contributed by atoms with Crippen molar-refractivity contribution in [1.82, 2.24) is 0 Å². The summed E-state index contributed by atoms with van der Waals surface area (Å²) >= 11 is 0. The van der Waals surface area contributed by atoms with Gasteiger partial charge in [-0.2, -0.15) is 0 Å². The van der Waals surface area contributed by atoms with Crippen LogP contribution in [0.1, 0.15) is 29.2 Å². The Labute approximate surface area is 165 Å². The van der Waals surface area contributed by atoms with Crippen LogP contribution in [-0.4, -0.2) is 0 Å². The fourth-order valence-electron chi connectivity index (χ4n) is 5.50. The Hall–Kier alpha value is -3.19. The van der Waals surface area contributed by atoms with E-state index in [4.69, 9.17) is 0 Å². The van der Waals surface area contributed by atoms with Gasteiger partial charge >= 0.3 is 0 Å². The zero-order valence-electron chi connectivity index (χ0n) is 16.5. The largest absolute Gasteiger partial charge is 0.220 e. The van der Waals surface area contributed by atoms with Crippen LogP contribution in [0.25, 0.3) is 33.5 Å². The number of rotatable bonds is 0. The summed E-state index contributed by atoms with van der Waals surface area (Å²) in [5.41, 5.74) is 13.5. The van der Waals surface area contributed by atoms with Gasteiger partial charge in [-0.3, -0.25) is 0 Å². The molecule has 1 atom stereocenters.